The van der Waals surface area contributed by atoms with Crippen LogP contribution in [0.3, 0.4) is 0 Å². The van der Waals surface area contributed by atoms with Crippen molar-refractivity contribution in [2.75, 3.05) is 20.1 Å². The Hall–Kier alpha value is -0.650. The van der Waals surface area contributed by atoms with E-state index in [4.69, 9.17) is 11.6 Å². The van der Waals surface area contributed by atoms with Crippen LogP contribution in [-0.4, -0.2) is 46.4 Å². The lowest BCUT2D eigenvalue weighted by molar-refractivity contribution is -0.149. The molecule has 1 aromatic heterocycles. The second kappa shape index (κ2) is 6.00. The maximum atomic E-state index is 12.4. The molecule has 2 heterocycles. The third-order valence-corrected chi connectivity index (χ3v) is 5.29. The molecule has 0 aromatic carbocycles. The van der Waals surface area contributed by atoms with Gasteiger partial charge in [0.15, 0.2) is 0 Å². The highest BCUT2D eigenvalue weighted by Crippen LogP contribution is 2.35. The molecular formula is C14H22ClN3OS. The van der Waals surface area contributed by atoms with Crippen molar-refractivity contribution in [3.8, 4) is 0 Å². The Bertz CT molecular complexity index is 489. The molecule has 20 heavy (non-hydrogen) atoms. The van der Waals surface area contributed by atoms with Gasteiger partial charge in [-0.3, -0.25) is 9.69 Å². The van der Waals surface area contributed by atoms with Crippen molar-refractivity contribution in [1.82, 2.24) is 14.8 Å². The van der Waals surface area contributed by atoms with E-state index in [0.29, 0.717) is 5.88 Å². The molecule has 2 rings (SSSR count). The number of piperazine rings is 1. The SMILES string of the molecule is CCC(c1nc(CCl)cs1)N1CCN(C)C(=O)C1(C)C. The number of thiazole rings is 1. The normalized spacial score (nSPS) is 21.2. The van der Waals surface area contributed by atoms with Crippen LogP contribution in [0.5, 0.6) is 0 Å². The number of nitrogens with zero attached hydrogens (tertiary/aromatic N) is 3. The van der Waals surface area contributed by atoms with E-state index in [1.807, 2.05) is 31.2 Å². The second-order valence-corrected chi connectivity index (χ2v) is 6.87. The van der Waals surface area contributed by atoms with Crippen molar-refractivity contribution in [3.05, 3.63) is 16.1 Å². The molecule has 112 valence electrons. The standard InChI is InChI=1S/C14H22ClN3OS/c1-5-11(12-16-10(8-15)9-20-12)18-7-6-17(4)13(19)14(18,2)3/h9,11H,5-8H2,1-4H3. The second-order valence-electron chi connectivity index (χ2n) is 5.71. The van der Waals surface area contributed by atoms with Crippen LogP contribution < -0.4 is 0 Å². The number of likely N-dealkylation sites (N-methyl/N-ethyl adjacent to an activating group) is 1. The molecule has 1 aromatic rings. The minimum absolute atomic E-state index is 0.177. The van der Waals surface area contributed by atoms with Crippen LogP contribution in [-0.2, 0) is 10.7 Å². The Labute approximate surface area is 129 Å². The number of halogens is 1. The number of carbonyl (C=O) groups excluding carboxylic acids is 1. The van der Waals surface area contributed by atoms with Gasteiger partial charge in [0, 0.05) is 25.5 Å². The van der Waals surface area contributed by atoms with Crippen molar-refractivity contribution in [1.29, 1.82) is 0 Å². The van der Waals surface area contributed by atoms with Crippen molar-refractivity contribution in [3.63, 3.8) is 0 Å². The monoisotopic (exact) mass is 315 g/mol. The molecule has 1 fully saturated rings. The average Bonchev–Trinajstić information content (AvgIpc) is 2.88. The molecule has 1 unspecified atom stereocenters. The third-order valence-electron chi connectivity index (χ3n) is 4.02. The molecule has 0 saturated carbocycles. The van der Waals surface area contributed by atoms with Crippen LogP contribution in [0, 0.1) is 0 Å². The minimum Gasteiger partial charge on any atom is -0.343 e. The third kappa shape index (κ3) is 2.71. The van der Waals surface area contributed by atoms with E-state index in [-0.39, 0.29) is 11.9 Å². The van der Waals surface area contributed by atoms with Gasteiger partial charge in [0.1, 0.15) is 5.01 Å². The lowest BCUT2D eigenvalue weighted by Crippen LogP contribution is -2.62. The predicted molar refractivity (Wildman–Crippen MR) is 83.1 cm³/mol. The molecule has 0 aliphatic carbocycles. The minimum atomic E-state index is -0.486. The summed E-state index contributed by atoms with van der Waals surface area (Å²) in [5.41, 5.74) is 0.434. The Balaban J connectivity index is 2.29. The van der Waals surface area contributed by atoms with E-state index in [0.717, 1.165) is 30.2 Å². The van der Waals surface area contributed by atoms with E-state index in [9.17, 15) is 4.79 Å². The van der Waals surface area contributed by atoms with Crippen molar-refractivity contribution in [2.24, 2.45) is 0 Å². The maximum absolute atomic E-state index is 12.4. The largest absolute Gasteiger partial charge is 0.343 e. The molecule has 6 heteroatoms. The van der Waals surface area contributed by atoms with Gasteiger partial charge in [-0.25, -0.2) is 4.98 Å². The molecule has 0 bridgehead atoms. The van der Waals surface area contributed by atoms with Crippen LogP contribution >= 0.6 is 22.9 Å². The lowest BCUT2D eigenvalue weighted by Gasteiger charge is -2.47. The topological polar surface area (TPSA) is 36.4 Å². The molecular weight excluding hydrogens is 294 g/mol. The highest BCUT2D eigenvalue weighted by atomic mass is 35.5. The number of amides is 1. The predicted octanol–water partition coefficient (Wildman–Crippen LogP) is 2.89. The molecule has 1 aliphatic heterocycles. The number of hydrogen-bond donors (Lipinski definition) is 0. The first-order valence-corrected chi connectivity index (χ1v) is 8.35. The van der Waals surface area contributed by atoms with E-state index in [1.54, 1.807) is 11.3 Å². The molecule has 4 nitrogen and oxygen atoms in total. The summed E-state index contributed by atoms with van der Waals surface area (Å²) in [6.07, 6.45) is 0.940. The fourth-order valence-electron chi connectivity index (χ4n) is 2.84. The van der Waals surface area contributed by atoms with Crippen molar-refractivity contribution >= 4 is 28.8 Å². The van der Waals surface area contributed by atoms with Gasteiger partial charge in [-0.1, -0.05) is 6.92 Å². The van der Waals surface area contributed by atoms with Gasteiger partial charge in [-0.2, -0.15) is 0 Å². The zero-order valence-corrected chi connectivity index (χ0v) is 14.1. The molecule has 1 aliphatic rings. The Morgan fingerprint density at radius 1 is 1.50 bits per heavy atom. The number of rotatable bonds is 4. The fourth-order valence-corrected chi connectivity index (χ4v) is 4.08. The van der Waals surface area contributed by atoms with E-state index >= 15 is 0 Å². The first kappa shape index (κ1) is 15.7. The fraction of sp³-hybridized carbons (Fsp3) is 0.714. The first-order valence-electron chi connectivity index (χ1n) is 6.94. The van der Waals surface area contributed by atoms with Crippen LogP contribution in [0.4, 0.5) is 0 Å². The Morgan fingerprint density at radius 2 is 2.20 bits per heavy atom. The van der Waals surface area contributed by atoms with E-state index < -0.39 is 5.54 Å². The first-order chi connectivity index (χ1) is 9.41. The molecule has 1 atom stereocenters. The smallest absolute Gasteiger partial charge is 0.242 e. The van der Waals surface area contributed by atoms with Crippen LogP contribution in [0.25, 0.3) is 0 Å². The molecule has 1 saturated heterocycles. The highest BCUT2D eigenvalue weighted by Gasteiger charge is 2.44. The van der Waals surface area contributed by atoms with Crippen molar-refractivity contribution < 1.29 is 4.79 Å². The van der Waals surface area contributed by atoms with Crippen LogP contribution in [0.2, 0.25) is 0 Å². The summed E-state index contributed by atoms with van der Waals surface area (Å²) >= 11 is 7.48. The molecule has 1 amide bonds. The highest BCUT2D eigenvalue weighted by molar-refractivity contribution is 7.09. The quantitative estimate of drug-likeness (QED) is 0.802. The summed E-state index contributed by atoms with van der Waals surface area (Å²) < 4.78 is 0. The zero-order valence-electron chi connectivity index (χ0n) is 12.5. The number of carbonyl (C=O) groups is 1. The van der Waals surface area contributed by atoms with Gasteiger partial charge in [-0.15, -0.1) is 22.9 Å². The van der Waals surface area contributed by atoms with Crippen LogP contribution in [0.15, 0.2) is 5.38 Å². The van der Waals surface area contributed by atoms with Gasteiger partial charge < -0.3 is 4.90 Å². The van der Waals surface area contributed by atoms with Gasteiger partial charge in [0.2, 0.25) is 5.91 Å². The lowest BCUT2D eigenvalue weighted by atomic mass is 9.94. The summed E-state index contributed by atoms with van der Waals surface area (Å²) in [5.74, 6) is 0.620. The van der Waals surface area contributed by atoms with Crippen LogP contribution in [0.1, 0.15) is 43.9 Å². The molecule has 0 N–H and O–H groups in total. The molecule has 0 spiro atoms. The summed E-state index contributed by atoms with van der Waals surface area (Å²) in [6.45, 7) is 7.80. The van der Waals surface area contributed by atoms with E-state index in [2.05, 4.69) is 16.8 Å². The summed E-state index contributed by atoms with van der Waals surface area (Å²) in [5, 5.41) is 3.07. The summed E-state index contributed by atoms with van der Waals surface area (Å²) in [4.78, 5) is 21.1. The Morgan fingerprint density at radius 3 is 2.75 bits per heavy atom. The van der Waals surface area contributed by atoms with Gasteiger partial charge in [-0.05, 0) is 20.3 Å². The molecule has 0 radical (unpaired) electrons. The Kier molecular flexibility index (Phi) is 4.72. The number of hydrogen-bond acceptors (Lipinski definition) is 4. The van der Waals surface area contributed by atoms with Gasteiger partial charge in [0.25, 0.3) is 0 Å². The number of alkyl halides is 1. The number of aromatic nitrogens is 1. The van der Waals surface area contributed by atoms with Gasteiger partial charge in [0.05, 0.1) is 23.2 Å². The van der Waals surface area contributed by atoms with Crippen molar-refractivity contribution in [2.45, 2.75) is 44.7 Å². The average molecular weight is 316 g/mol. The summed E-state index contributed by atoms with van der Waals surface area (Å²) in [7, 11) is 1.87. The van der Waals surface area contributed by atoms with E-state index in [1.165, 1.54) is 0 Å². The van der Waals surface area contributed by atoms with Gasteiger partial charge >= 0.3 is 0 Å². The zero-order chi connectivity index (χ0) is 14.9. The maximum Gasteiger partial charge on any atom is 0.242 e. The summed E-state index contributed by atoms with van der Waals surface area (Å²) in [6, 6.07) is 0.185.